The number of esters is 1. The minimum Gasteiger partial charge on any atom is -0.493 e. The fourth-order valence-corrected chi connectivity index (χ4v) is 3.65. The molecule has 1 amide bonds. The Hall–Kier alpha value is -4.24. The largest absolute Gasteiger partial charge is 0.493 e. The molecule has 0 aliphatic rings. The molecule has 0 atom stereocenters. The van der Waals surface area contributed by atoms with Crippen LogP contribution in [0.4, 0.5) is 0 Å². The fraction of sp³-hybridized carbons (Fsp3) is 0.0833. The fourth-order valence-electron chi connectivity index (χ4n) is 3.05. The summed E-state index contributed by atoms with van der Waals surface area (Å²) in [7, 11) is 1.47. The first kappa shape index (κ1) is 22.0. The number of nitrogens with one attached hydrogen (secondary N) is 1. The van der Waals surface area contributed by atoms with Crippen molar-refractivity contribution in [1.29, 1.82) is 0 Å². The lowest BCUT2D eigenvalue weighted by Crippen LogP contribution is -2.18. The third-order valence-corrected chi connectivity index (χ3v) is 5.48. The number of amides is 1. The lowest BCUT2D eigenvalue weighted by molar-refractivity contribution is 0.0734. The molecule has 0 radical (unpaired) electrons. The van der Waals surface area contributed by atoms with Crippen molar-refractivity contribution in [3.8, 4) is 22.8 Å². The van der Waals surface area contributed by atoms with Crippen molar-refractivity contribution in [2.45, 2.75) is 6.92 Å². The van der Waals surface area contributed by atoms with E-state index in [9.17, 15) is 9.59 Å². The highest BCUT2D eigenvalue weighted by Crippen LogP contribution is 2.29. The molecule has 0 bridgehead atoms. The molecule has 0 saturated heterocycles. The van der Waals surface area contributed by atoms with E-state index >= 15 is 0 Å². The van der Waals surface area contributed by atoms with E-state index in [-0.39, 0.29) is 5.75 Å². The van der Waals surface area contributed by atoms with Crippen molar-refractivity contribution in [2.75, 3.05) is 7.11 Å². The van der Waals surface area contributed by atoms with Gasteiger partial charge in [-0.25, -0.2) is 10.2 Å². The Balaban J connectivity index is 1.46. The van der Waals surface area contributed by atoms with Gasteiger partial charge in [-0.1, -0.05) is 41.6 Å². The van der Waals surface area contributed by atoms with E-state index in [1.165, 1.54) is 24.7 Å². The first-order valence-electron chi connectivity index (χ1n) is 9.85. The van der Waals surface area contributed by atoms with E-state index in [2.05, 4.69) is 15.7 Å². The number of hydrogen-bond acceptors (Lipinski definition) is 8. The molecular weight excluding hydrogens is 442 g/mol. The van der Waals surface area contributed by atoms with Gasteiger partial charge < -0.3 is 14.0 Å². The normalized spacial score (nSPS) is 10.8. The summed E-state index contributed by atoms with van der Waals surface area (Å²) in [5.74, 6) is 0.119. The third-order valence-electron chi connectivity index (χ3n) is 4.63. The molecule has 0 spiro atoms. The Morgan fingerprint density at radius 3 is 2.64 bits per heavy atom. The van der Waals surface area contributed by atoms with E-state index in [1.54, 1.807) is 42.6 Å². The molecule has 4 aromatic rings. The first-order chi connectivity index (χ1) is 16.1. The number of benzene rings is 2. The van der Waals surface area contributed by atoms with Gasteiger partial charge in [0.05, 0.1) is 13.3 Å². The maximum Gasteiger partial charge on any atom is 0.353 e. The second-order valence-electron chi connectivity index (χ2n) is 6.80. The molecule has 0 aliphatic carbocycles. The van der Waals surface area contributed by atoms with Gasteiger partial charge >= 0.3 is 5.97 Å². The minimum absolute atomic E-state index is 0.282. The van der Waals surface area contributed by atoms with Gasteiger partial charge in [0, 0.05) is 5.56 Å². The predicted molar refractivity (Wildman–Crippen MR) is 124 cm³/mol. The number of carbonyl (C=O) groups excluding carboxylic acids is 2. The molecule has 166 valence electrons. The maximum atomic E-state index is 12.7. The molecule has 0 unspecified atom stereocenters. The number of rotatable bonds is 7. The van der Waals surface area contributed by atoms with Crippen molar-refractivity contribution >= 4 is 29.4 Å². The van der Waals surface area contributed by atoms with Crippen LogP contribution in [0.1, 0.15) is 31.4 Å². The number of methoxy groups -OCH3 is 1. The van der Waals surface area contributed by atoms with Crippen LogP contribution in [0, 0.1) is 6.92 Å². The molecule has 2 aromatic heterocycles. The summed E-state index contributed by atoms with van der Waals surface area (Å²) in [4.78, 5) is 25.4. The molecule has 1 N–H and O–H groups in total. The maximum absolute atomic E-state index is 12.7. The Labute approximate surface area is 193 Å². The van der Waals surface area contributed by atoms with Crippen LogP contribution >= 0.6 is 11.3 Å². The zero-order valence-electron chi connectivity index (χ0n) is 17.8. The van der Waals surface area contributed by atoms with E-state index in [4.69, 9.17) is 14.0 Å². The SMILES string of the molecule is COc1cc(C=NNC(=O)c2c(-c3ccccc3)noc2C)ccc1OC(=O)c1cccs1. The van der Waals surface area contributed by atoms with Crippen molar-refractivity contribution in [1.82, 2.24) is 10.6 Å². The number of hydrogen-bond donors (Lipinski definition) is 1. The summed E-state index contributed by atoms with van der Waals surface area (Å²) in [6.07, 6.45) is 1.45. The van der Waals surface area contributed by atoms with Gasteiger partial charge in [-0.3, -0.25) is 4.79 Å². The van der Waals surface area contributed by atoms with Crippen molar-refractivity contribution in [2.24, 2.45) is 5.10 Å². The summed E-state index contributed by atoms with van der Waals surface area (Å²) in [5, 5.41) is 9.82. The average molecular weight is 461 g/mol. The quantitative estimate of drug-likeness (QED) is 0.185. The zero-order chi connectivity index (χ0) is 23.2. The van der Waals surface area contributed by atoms with Crippen molar-refractivity contribution in [3.63, 3.8) is 0 Å². The monoisotopic (exact) mass is 461 g/mol. The zero-order valence-corrected chi connectivity index (χ0v) is 18.6. The van der Waals surface area contributed by atoms with Gasteiger partial charge in [0.2, 0.25) is 0 Å². The number of ether oxygens (including phenoxy) is 2. The summed E-state index contributed by atoms with van der Waals surface area (Å²) < 4.78 is 16.0. The lowest BCUT2D eigenvalue weighted by Gasteiger charge is -2.09. The molecular formula is C24H19N3O5S. The highest BCUT2D eigenvalue weighted by atomic mass is 32.1. The van der Waals surface area contributed by atoms with Gasteiger partial charge in [0.15, 0.2) is 11.5 Å². The highest BCUT2D eigenvalue weighted by Gasteiger charge is 2.21. The van der Waals surface area contributed by atoms with E-state index in [0.717, 1.165) is 5.56 Å². The lowest BCUT2D eigenvalue weighted by atomic mass is 10.1. The van der Waals surface area contributed by atoms with Crippen LogP contribution in [-0.2, 0) is 0 Å². The average Bonchev–Trinajstić information content (AvgIpc) is 3.50. The number of hydrazone groups is 1. The first-order valence-corrected chi connectivity index (χ1v) is 10.7. The molecule has 9 heteroatoms. The Morgan fingerprint density at radius 1 is 1.09 bits per heavy atom. The Morgan fingerprint density at radius 2 is 1.91 bits per heavy atom. The van der Waals surface area contributed by atoms with Gasteiger partial charge in [0.25, 0.3) is 5.91 Å². The summed E-state index contributed by atoms with van der Waals surface area (Å²) in [6.45, 7) is 1.67. The highest BCUT2D eigenvalue weighted by molar-refractivity contribution is 7.12. The number of thiophene rings is 1. The summed E-state index contributed by atoms with van der Waals surface area (Å²) >= 11 is 1.29. The van der Waals surface area contributed by atoms with Gasteiger partial charge in [-0.05, 0) is 42.1 Å². The number of nitrogens with zero attached hydrogens (tertiary/aromatic N) is 2. The minimum atomic E-state index is -0.463. The van der Waals surface area contributed by atoms with Crippen LogP contribution in [0.3, 0.4) is 0 Å². The predicted octanol–water partition coefficient (Wildman–Crippen LogP) is 4.70. The molecule has 2 aromatic carbocycles. The van der Waals surface area contributed by atoms with Crippen LogP contribution in [-0.4, -0.2) is 30.4 Å². The van der Waals surface area contributed by atoms with Gasteiger partial charge in [0.1, 0.15) is 21.9 Å². The number of aryl methyl sites for hydroxylation is 1. The molecule has 2 heterocycles. The Kier molecular flexibility index (Phi) is 6.61. The third kappa shape index (κ3) is 4.99. The molecule has 0 aliphatic heterocycles. The topological polar surface area (TPSA) is 103 Å². The van der Waals surface area contributed by atoms with Crippen LogP contribution < -0.4 is 14.9 Å². The standard InChI is InChI=1S/C24H19N3O5S/c1-15-21(22(27-32-15)17-7-4-3-5-8-17)23(28)26-25-14-16-10-11-18(19(13-16)30-2)31-24(29)20-9-6-12-33-20/h3-14H,1-2H3,(H,26,28). The van der Waals surface area contributed by atoms with E-state index < -0.39 is 11.9 Å². The van der Waals surface area contributed by atoms with Crippen LogP contribution in [0.25, 0.3) is 11.3 Å². The van der Waals surface area contributed by atoms with Crippen molar-refractivity contribution < 1.29 is 23.6 Å². The molecule has 0 saturated carbocycles. The summed E-state index contributed by atoms with van der Waals surface area (Å²) in [6, 6.07) is 17.7. The van der Waals surface area contributed by atoms with Crippen LogP contribution in [0.15, 0.2) is 75.7 Å². The molecule has 33 heavy (non-hydrogen) atoms. The van der Waals surface area contributed by atoms with Crippen LogP contribution in [0.5, 0.6) is 11.5 Å². The number of carbonyl (C=O) groups is 2. The van der Waals surface area contributed by atoms with E-state index in [0.29, 0.717) is 33.2 Å². The van der Waals surface area contributed by atoms with E-state index in [1.807, 2.05) is 30.3 Å². The van der Waals surface area contributed by atoms with Crippen molar-refractivity contribution in [3.05, 3.63) is 87.8 Å². The van der Waals surface area contributed by atoms with Gasteiger partial charge in [-0.2, -0.15) is 5.10 Å². The van der Waals surface area contributed by atoms with Gasteiger partial charge in [-0.15, -0.1) is 11.3 Å². The van der Waals surface area contributed by atoms with Crippen LogP contribution in [0.2, 0.25) is 0 Å². The second kappa shape index (κ2) is 9.92. The Bertz CT molecular complexity index is 1300. The molecule has 4 rings (SSSR count). The smallest absolute Gasteiger partial charge is 0.353 e. The molecule has 0 fully saturated rings. The summed E-state index contributed by atoms with van der Waals surface area (Å²) in [5.41, 5.74) is 4.65. The number of aromatic nitrogens is 1. The second-order valence-corrected chi connectivity index (χ2v) is 7.75. The molecule has 8 nitrogen and oxygen atoms in total.